The summed E-state index contributed by atoms with van der Waals surface area (Å²) < 4.78 is 25.7. The lowest BCUT2D eigenvalue weighted by atomic mass is 10.1. The molecule has 0 spiro atoms. The van der Waals surface area contributed by atoms with Gasteiger partial charge in [0.25, 0.3) is 5.69 Å². The number of nitro groups is 1. The van der Waals surface area contributed by atoms with Crippen LogP contribution in [0.1, 0.15) is 43.4 Å². The quantitative estimate of drug-likeness (QED) is 0.463. The van der Waals surface area contributed by atoms with Crippen LogP contribution in [0.2, 0.25) is 0 Å². The summed E-state index contributed by atoms with van der Waals surface area (Å²) in [5.74, 6) is -0.501. The van der Waals surface area contributed by atoms with Gasteiger partial charge < -0.3 is 10.2 Å². The van der Waals surface area contributed by atoms with E-state index in [0.29, 0.717) is 5.56 Å². The molecule has 10 heteroatoms. The Balaban J connectivity index is 1.72. The lowest BCUT2D eigenvalue weighted by molar-refractivity contribution is -0.384. The summed E-state index contributed by atoms with van der Waals surface area (Å²) in [5.41, 5.74) is 2.44. The monoisotopic (exact) mass is 474 g/mol. The fourth-order valence-electron chi connectivity index (χ4n) is 3.99. The van der Waals surface area contributed by atoms with Crippen LogP contribution in [-0.4, -0.2) is 45.1 Å². The van der Waals surface area contributed by atoms with Crippen LogP contribution in [0.15, 0.2) is 42.5 Å². The van der Waals surface area contributed by atoms with Gasteiger partial charge in [-0.15, -0.1) is 0 Å². The maximum absolute atomic E-state index is 12.7. The third kappa shape index (κ3) is 6.22. The number of nitro benzene ring substituents is 1. The van der Waals surface area contributed by atoms with E-state index in [4.69, 9.17) is 0 Å². The standard InChI is InChI=1S/C23H30N4O5S/c1-17-7-10-21(27(29)30)15-22(17)26(33(3,31)32)16-23(28)24-18(2)19-8-11-20(12-9-19)25-13-5-4-6-14-25/h7-12,15,18H,4-6,13-14,16H2,1-3H3,(H,24,28). The van der Waals surface area contributed by atoms with Crippen molar-refractivity contribution in [3.8, 4) is 0 Å². The fourth-order valence-corrected chi connectivity index (χ4v) is 4.89. The van der Waals surface area contributed by atoms with E-state index in [-0.39, 0.29) is 17.4 Å². The predicted octanol–water partition coefficient (Wildman–Crippen LogP) is 3.54. The van der Waals surface area contributed by atoms with E-state index in [1.807, 2.05) is 31.2 Å². The Bertz CT molecular complexity index is 1110. The average molecular weight is 475 g/mol. The lowest BCUT2D eigenvalue weighted by Gasteiger charge is -2.29. The Kier molecular flexibility index (Phi) is 7.57. The number of carbonyl (C=O) groups is 1. The molecule has 0 aliphatic carbocycles. The molecule has 1 saturated heterocycles. The number of nitrogens with one attached hydrogen (secondary N) is 1. The van der Waals surface area contributed by atoms with Crippen molar-refractivity contribution < 1.29 is 18.1 Å². The van der Waals surface area contributed by atoms with Crippen LogP contribution in [-0.2, 0) is 14.8 Å². The maximum Gasteiger partial charge on any atom is 0.271 e. The van der Waals surface area contributed by atoms with Gasteiger partial charge in [-0.1, -0.05) is 18.2 Å². The van der Waals surface area contributed by atoms with Gasteiger partial charge in [0.05, 0.1) is 22.9 Å². The van der Waals surface area contributed by atoms with Crippen molar-refractivity contribution in [2.45, 2.75) is 39.2 Å². The molecule has 3 rings (SSSR count). The first-order valence-corrected chi connectivity index (χ1v) is 12.8. The summed E-state index contributed by atoms with van der Waals surface area (Å²) in [5, 5.41) is 14.0. The minimum absolute atomic E-state index is 0.111. The number of benzene rings is 2. The van der Waals surface area contributed by atoms with E-state index in [2.05, 4.69) is 10.2 Å². The first-order chi connectivity index (χ1) is 15.6. The fraction of sp³-hybridized carbons (Fsp3) is 0.435. The average Bonchev–Trinajstić information content (AvgIpc) is 2.78. The van der Waals surface area contributed by atoms with Gasteiger partial charge in [0.2, 0.25) is 15.9 Å². The normalized spacial score (nSPS) is 15.1. The largest absolute Gasteiger partial charge is 0.372 e. The van der Waals surface area contributed by atoms with Crippen LogP contribution in [0, 0.1) is 17.0 Å². The number of carbonyl (C=O) groups excluding carboxylic acids is 1. The molecule has 1 amide bonds. The van der Waals surface area contributed by atoms with Crippen LogP contribution in [0.25, 0.3) is 0 Å². The van der Waals surface area contributed by atoms with E-state index in [9.17, 15) is 23.3 Å². The molecule has 0 bridgehead atoms. The van der Waals surface area contributed by atoms with E-state index < -0.39 is 27.4 Å². The Morgan fingerprint density at radius 1 is 1.15 bits per heavy atom. The third-order valence-electron chi connectivity index (χ3n) is 5.85. The van der Waals surface area contributed by atoms with Crippen molar-refractivity contribution >= 4 is 33.0 Å². The predicted molar refractivity (Wildman–Crippen MR) is 129 cm³/mol. The highest BCUT2D eigenvalue weighted by atomic mass is 32.2. The van der Waals surface area contributed by atoms with E-state index in [0.717, 1.165) is 34.9 Å². The van der Waals surface area contributed by atoms with Gasteiger partial charge in [0, 0.05) is 30.9 Å². The molecule has 0 saturated carbocycles. The second kappa shape index (κ2) is 10.2. The lowest BCUT2D eigenvalue weighted by Crippen LogP contribution is -2.41. The molecule has 1 N–H and O–H groups in total. The molecule has 2 aromatic rings. The molecule has 0 radical (unpaired) electrons. The molecule has 2 aromatic carbocycles. The highest BCUT2D eigenvalue weighted by molar-refractivity contribution is 7.92. The number of anilines is 2. The molecular weight excluding hydrogens is 444 g/mol. The van der Waals surface area contributed by atoms with Crippen molar-refractivity contribution in [3.63, 3.8) is 0 Å². The van der Waals surface area contributed by atoms with Crippen molar-refractivity contribution in [1.82, 2.24) is 5.32 Å². The summed E-state index contributed by atoms with van der Waals surface area (Å²) in [6.45, 7) is 5.09. The molecule has 178 valence electrons. The van der Waals surface area contributed by atoms with Crippen LogP contribution in [0.3, 0.4) is 0 Å². The van der Waals surface area contributed by atoms with Gasteiger partial charge in [0.1, 0.15) is 6.54 Å². The number of nitrogens with zero attached hydrogens (tertiary/aromatic N) is 3. The molecule has 33 heavy (non-hydrogen) atoms. The van der Waals surface area contributed by atoms with Gasteiger partial charge >= 0.3 is 0 Å². The smallest absolute Gasteiger partial charge is 0.271 e. The maximum atomic E-state index is 12.7. The molecule has 9 nitrogen and oxygen atoms in total. The number of hydrogen-bond donors (Lipinski definition) is 1. The van der Waals surface area contributed by atoms with E-state index in [1.54, 1.807) is 6.92 Å². The highest BCUT2D eigenvalue weighted by Gasteiger charge is 2.25. The topological polar surface area (TPSA) is 113 Å². The van der Waals surface area contributed by atoms with Crippen molar-refractivity contribution in [2.24, 2.45) is 0 Å². The Morgan fingerprint density at radius 3 is 2.36 bits per heavy atom. The number of sulfonamides is 1. The number of rotatable bonds is 8. The number of amides is 1. The molecule has 1 atom stereocenters. The molecule has 1 unspecified atom stereocenters. The van der Waals surface area contributed by atoms with Crippen LogP contribution in [0.4, 0.5) is 17.1 Å². The first kappa shape index (κ1) is 24.5. The summed E-state index contributed by atoms with van der Waals surface area (Å²) >= 11 is 0. The second-order valence-corrected chi connectivity index (χ2v) is 10.3. The minimum Gasteiger partial charge on any atom is -0.372 e. The molecule has 1 heterocycles. The second-order valence-electron chi connectivity index (χ2n) is 8.43. The minimum atomic E-state index is -3.85. The summed E-state index contributed by atoms with van der Waals surface area (Å²) in [6, 6.07) is 11.6. The van der Waals surface area contributed by atoms with Gasteiger partial charge in [-0.3, -0.25) is 19.2 Å². The van der Waals surface area contributed by atoms with E-state index >= 15 is 0 Å². The Morgan fingerprint density at radius 2 is 1.79 bits per heavy atom. The van der Waals surface area contributed by atoms with Crippen LogP contribution in [0.5, 0.6) is 0 Å². The number of piperidine rings is 1. The van der Waals surface area contributed by atoms with Gasteiger partial charge in [-0.25, -0.2) is 8.42 Å². The Labute approximate surface area is 194 Å². The van der Waals surface area contributed by atoms with Crippen molar-refractivity contribution in [2.75, 3.05) is 35.1 Å². The zero-order valence-corrected chi connectivity index (χ0v) is 20.0. The summed E-state index contributed by atoms with van der Waals surface area (Å²) in [4.78, 5) is 25.6. The Hall–Kier alpha value is -3.14. The van der Waals surface area contributed by atoms with Crippen molar-refractivity contribution in [1.29, 1.82) is 0 Å². The first-order valence-electron chi connectivity index (χ1n) is 10.9. The van der Waals surface area contributed by atoms with Gasteiger partial charge in [-0.2, -0.15) is 0 Å². The van der Waals surface area contributed by atoms with Gasteiger partial charge in [0.15, 0.2) is 0 Å². The third-order valence-corrected chi connectivity index (χ3v) is 6.98. The molecule has 1 aliphatic heterocycles. The zero-order chi connectivity index (χ0) is 24.2. The van der Waals surface area contributed by atoms with Gasteiger partial charge in [-0.05, 0) is 56.4 Å². The molecule has 1 aliphatic rings. The van der Waals surface area contributed by atoms with E-state index in [1.165, 1.54) is 37.5 Å². The van der Waals surface area contributed by atoms with Crippen LogP contribution >= 0.6 is 0 Å². The summed E-state index contributed by atoms with van der Waals surface area (Å²) in [6.07, 6.45) is 4.61. The molecule has 0 aromatic heterocycles. The van der Waals surface area contributed by atoms with Crippen molar-refractivity contribution in [3.05, 3.63) is 63.7 Å². The molecular formula is C23H30N4O5S. The zero-order valence-electron chi connectivity index (χ0n) is 19.2. The van der Waals surface area contributed by atoms with Crippen LogP contribution < -0.4 is 14.5 Å². The SMILES string of the molecule is Cc1ccc([N+](=O)[O-])cc1N(CC(=O)NC(C)c1ccc(N2CCCCC2)cc1)S(C)(=O)=O. The molecule has 1 fully saturated rings. The number of aryl methyl sites for hydroxylation is 1. The summed E-state index contributed by atoms with van der Waals surface area (Å²) in [7, 11) is -3.85. The highest BCUT2D eigenvalue weighted by Crippen LogP contribution is 2.28. The number of hydrogen-bond acceptors (Lipinski definition) is 6. The number of non-ortho nitro benzene ring substituents is 1.